The van der Waals surface area contributed by atoms with Crippen molar-refractivity contribution >= 4 is 30.7 Å². The van der Waals surface area contributed by atoms with Crippen LogP contribution in [0.25, 0.3) is 17.2 Å². The molecule has 20 heavy (non-hydrogen) atoms. The van der Waals surface area contributed by atoms with Crippen LogP contribution in [0.15, 0.2) is 40.6 Å². The highest BCUT2D eigenvalue weighted by Crippen LogP contribution is 2.53. The first-order valence-corrected chi connectivity index (χ1v) is 11.5. The van der Waals surface area contributed by atoms with Gasteiger partial charge in [0.1, 0.15) is 0 Å². The molecule has 1 saturated carbocycles. The lowest BCUT2D eigenvalue weighted by atomic mass is 9.79. The predicted octanol–water partition coefficient (Wildman–Crippen LogP) is 5.14. The SMILES string of the molecule is CC1CC2=Cc3cc(-c4ccsc4)ccc3[Si](C)(C)C21. The Kier molecular flexibility index (Phi) is 2.64. The third kappa shape index (κ3) is 1.64. The van der Waals surface area contributed by atoms with E-state index in [2.05, 4.69) is 61.1 Å². The summed E-state index contributed by atoms with van der Waals surface area (Å²) in [6.45, 7) is 7.55. The lowest BCUT2D eigenvalue weighted by Gasteiger charge is -2.50. The Morgan fingerprint density at radius 2 is 2.00 bits per heavy atom. The fourth-order valence-corrected chi connectivity index (χ4v) is 9.46. The second-order valence-corrected chi connectivity index (χ2v) is 12.3. The van der Waals surface area contributed by atoms with Crippen molar-refractivity contribution in [3.8, 4) is 11.1 Å². The Hall–Kier alpha value is -1.12. The van der Waals surface area contributed by atoms with Crippen LogP contribution < -0.4 is 5.19 Å². The van der Waals surface area contributed by atoms with Crippen molar-refractivity contribution in [2.45, 2.75) is 32.0 Å². The van der Waals surface area contributed by atoms with E-state index >= 15 is 0 Å². The Bertz CT molecular complexity index is 694. The number of allylic oxidation sites excluding steroid dienone is 1. The molecule has 1 fully saturated rings. The average Bonchev–Trinajstić information content (AvgIpc) is 2.90. The molecule has 102 valence electrons. The minimum absolute atomic E-state index is 0.891. The highest BCUT2D eigenvalue weighted by Gasteiger charge is 2.48. The topological polar surface area (TPSA) is 0 Å². The molecule has 0 saturated heterocycles. The zero-order chi connectivity index (χ0) is 13.9. The van der Waals surface area contributed by atoms with Gasteiger partial charge in [0.2, 0.25) is 0 Å². The summed E-state index contributed by atoms with van der Waals surface area (Å²) in [6.07, 6.45) is 3.82. The standard InChI is InChI=1S/C18H20SSi/c1-12-8-16-10-15-9-13(14-6-7-19-11-14)4-5-17(15)20(2,3)18(12)16/h4-7,9-12,18H,8H2,1-3H3. The number of benzene rings is 1. The van der Waals surface area contributed by atoms with Crippen molar-refractivity contribution in [2.75, 3.05) is 0 Å². The van der Waals surface area contributed by atoms with Crippen molar-refractivity contribution in [1.29, 1.82) is 0 Å². The second kappa shape index (κ2) is 4.19. The van der Waals surface area contributed by atoms with Crippen LogP contribution in [0.5, 0.6) is 0 Å². The first kappa shape index (κ1) is 12.6. The van der Waals surface area contributed by atoms with E-state index in [1.54, 1.807) is 22.1 Å². The summed E-state index contributed by atoms with van der Waals surface area (Å²) in [5.41, 5.74) is 6.85. The van der Waals surface area contributed by atoms with Crippen molar-refractivity contribution in [3.63, 3.8) is 0 Å². The molecule has 1 aliphatic heterocycles. The van der Waals surface area contributed by atoms with Crippen LogP contribution >= 0.6 is 11.3 Å². The fourth-order valence-electron chi connectivity index (χ4n) is 4.39. The molecule has 2 aliphatic rings. The Morgan fingerprint density at radius 3 is 2.70 bits per heavy atom. The number of fused-ring (bicyclic) bond motifs is 2. The summed E-state index contributed by atoms with van der Waals surface area (Å²) in [5.74, 6) is 0.896. The van der Waals surface area contributed by atoms with E-state index in [4.69, 9.17) is 0 Å². The van der Waals surface area contributed by atoms with Crippen LogP contribution in [0.1, 0.15) is 18.9 Å². The molecule has 1 aromatic carbocycles. The van der Waals surface area contributed by atoms with E-state index in [0.717, 1.165) is 11.5 Å². The molecule has 2 aromatic rings. The number of rotatable bonds is 1. The van der Waals surface area contributed by atoms with Crippen LogP contribution in [0.4, 0.5) is 0 Å². The van der Waals surface area contributed by atoms with Gasteiger partial charge in [-0.25, -0.2) is 0 Å². The highest BCUT2D eigenvalue weighted by molar-refractivity contribution is 7.08. The van der Waals surface area contributed by atoms with Crippen molar-refractivity contribution in [2.24, 2.45) is 5.92 Å². The zero-order valence-electron chi connectivity index (χ0n) is 12.3. The quantitative estimate of drug-likeness (QED) is 0.639. The molecule has 0 spiro atoms. The minimum Gasteiger partial charge on any atom is -0.152 e. The molecule has 0 nitrogen and oxygen atoms in total. The minimum atomic E-state index is -1.33. The van der Waals surface area contributed by atoms with E-state index in [1.165, 1.54) is 23.1 Å². The van der Waals surface area contributed by atoms with Gasteiger partial charge in [0.15, 0.2) is 0 Å². The van der Waals surface area contributed by atoms with Gasteiger partial charge in [0.05, 0.1) is 8.07 Å². The fraction of sp³-hybridized carbons (Fsp3) is 0.333. The summed E-state index contributed by atoms with van der Waals surface area (Å²) in [7, 11) is -1.33. The van der Waals surface area contributed by atoms with Crippen LogP contribution in [0.3, 0.4) is 0 Å². The Balaban J connectivity index is 1.86. The van der Waals surface area contributed by atoms with Gasteiger partial charge in [0.25, 0.3) is 0 Å². The van der Waals surface area contributed by atoms with Crippen LogP contribution in [-0.4, -0.2) is 8.07 Å². The van der Waals surface area contributed by atoms with Crippen molar-refractivity contribution in [3.05, 3.63) is 46.2 Å². The average molecular weight is 297 g/mol. The van der Waals surface area contributed by atoms with Crippen molar-refractivity contribution < 1.29 is 0 Å². The van der Waals surface area contributed by atoms with Crippen molar-refractivity contribution in [1.82, 2.24) is 0 Å². The normalized spacial score (nSPS) is 26.2. The first-order chi connectivity index (χ1) is 9.57. The lowest BCUT2D eigenvalue weighted by Crippen LogP contribution is -2.55. The molecule has 0 amide bonds. The molecule has 0 N–H and O–H groups in total. The summed E-state index contributed by atoms with van der Waals surface area (Å²) in [6, 6.07) is 9.39. The zero-order valence-corrected chi connectivity index (χ0v) is 14.1. The molecular formula is C18H20SSi. The first-order valence-electron chi connectivity index (χ1n) is 7.45. The molecule has 4 rings (SSSR count). The van der Waals surface area contributed by atoms with Gasteiger partial charge in [0, 0.05) is 0 Å². The van der Waals surface area contributed by atoms with E-state index in [9.17, 15) is 0 Å². The molecule has 2 atom stereocenters. The third-order valence-electron chi connectivity index (χ3n) is 5.24. The molecule has 2 unspecified atom stereocenters. The summed E-state index contributed by atoms with van der Waals surface area (Å²) in [4.78, 5) is 0. The maximum Gasteiger partial charge on any atom is 0.0887 e. The van der Waals surface area contributed by atoms with Gasteiger partial charge in [-0.2, -0.15) is 11.3 Å². The number of hydrogen-bond donors (Lipinski definition) is 0. The molecule has 1 aromatic heterocycles. The monoisotopic (exact) mass is 296 g/mol. The van der Waals surface area contributed by atoms with Gasteiger partial charge in [-0.1, -0.05) is 49.0 Å². The van der Waals surface area contributed by atoms with Gasteiger partial charge in [-0.15, -0.1) is 0 Å². The van der Waals surface area contributed by atoms with Gasteiger partial charge in [-0.3, -0.25) is 0 Å². The summed E-state index contributed by atoms with van der Waals surface area (Å²) >= 11 is 1.78. The smallest absolute Gasteiger partial charge is 0.0887 e. The van der Waals surface area contributed by atoms with Crippen LogP contribution in [0.2, 0.25) is 18.6 Å². The molecule has 2 heteroatoms. The maximum atomic E-state index is 2.56. The van der Waals surface area contributed by atoms with Gasteiger partial charge in [-0.05, 0) is 57.5 Å². The van der Waals surface area contributed by atoms with Gasteiger partial charge < -0.3 is 0 Å². The van der Waals surface area contributed by atoms with Gasteiger partial charge >= 0.3 is 0 Å². The third-order valence-corrected chi connectivity index (χ3v) is 10.3. The molecule has 1 aliphatic carbocycles. The number of hydrogen-bond acceptors (Lipinski definition) is 1. The second-order valence-electron chi connectivity index (χ2n) is 6.91. The number of thiophene rings is 1. The largest absolute Gasteiger partial charge is 0.152 e. The van der Waals surface area contributed by atoms with E-state index in [0.29, 0.717) is 0 Å². The summed E-state index contributed by atoms with van der Waals surface area (Å²) < 4.78 is 0. The van der Waals surface area contributed by atoms with E-state index in [1.807, 2.05) is 0 Å². The maximum absolute atomic E-state index is 2.56. The highest BCUT2D eigenvalue weighted by atomic mass is 32.1. The Morgan fingerprint density at radius 1 is 1.15 bits per heavy atom. The van der Waals surface area contributed by atoms with E-state index in [-0.39, 0.29) is 0 Å². The van der Waals surface area contributed by atoms with E-state index < -0.39 is 8.07 Å². The lowest BCUT2D eigenvalue weighted by molar-refractivity contribution is 0.451. The van der Waals surface area contributed by atoms with Crippen LogP contribution in [0, 0.1) is 5.92 Å². The molecular weight excluding hydrogens is 276 g/mol. The molecule has 0 radical (unpaired) electrons. The van der Waals surface area contributed by atoms with Crippen LogP contribution in [-0.2, 0) is 0 Å². The molecule has 0 bridgehead atoms. The predicted molar refractivity (Wildman–Crippen MR) is 92.4 cm³/mol. The Labute approximate surface area is 126 Å². The summed E-state index contributed by atoms with van der Waals surface area (Å²) in [5, 5.41) is 6.07. The molecule has 2 heterocycles.